The van der Waals surface area contributed by atoms with Crippen molar-refractivity contribution in [1.82, 2.24) is 5.16 Å². The third-order valence-corrected chi connectivity index (χ3v) is 3.02. The quantitative estimate of drug-likeness (QED) is 0.896. The number of aromatic nitrogens is 1. The molecule has 1 heterocycles. The van der Waals surface area contributed by atoms with E-state index in [0.717, 1.165) is 28.1 Å². The van der Waals surface area contributed by atoms with Gasteiger partial charge >= 0.3 is 0 Å². The summed E-state index contributed by atoms with van der Waals surface area (Å²) in [6, 6.07) is 5.88. The van der Waals surface area contributed by atoms with E-state index in [4.69, 9.17) is 19.7 Å². The number of rotatable bonds is 5. The van der Waals surface area contributed by atoms with Gasteiger partial charge in [-0.1, -0.05) is 11.2 Å². The second-order valence-corrected chi connectivity index (χ2v) is 4.30. The van der Waals surface area contributed by atoms with E-state index in [1.54, 1.807) is 14.2 Å². The van der Waals surface area contributed by atoms with E-state index >= 15 is 0 Å². The lowest BCUT2D eigenvalue weighted by molar-refractivity contribution is 0.200. The average Bonchev–Trinajstić information content (AvgIpc) is 2.77. The number of nitrogens with zero attached hydrogens (tertiary/aromatic N) is 1. The number of anilines is 1. The van der Waals surface area contributed by atoms with Crippen LogP contribution in [0.15, 0.2) is 22.7 Å². The predicted octanol–water partition coefficient (Wildman–Crippen LogP) is 2.43. The molecular weight excluding hydrogens is 244 g/mol. The van der Waals surface area contributed by atoms with Gasteiger partial charge in [0, 0.05) is 13.5 Å². The smallest absolute Gasteiger partial charge is 0.230 e. The Bertz CT molecular complexity index is 564. The first kappa shape index (κ1) is 13.4. The van der Waals surface area contributed by atoms with Gasteiger partial charge in [-0.05, 0) is 30.2 Å². The lowest BCUT2D eigenvalue weighted by Gasteiger charge is -2.07. The first-order valence-electron chi connectivity index (χ1n) is 6.05. The molecule has 0 amide bonds. The number of nitrogen functional groups attached to an aromatic ring is 1. The number of benzene rings is 1. The van der Waals surface area contributed by atoms with Crippen molar-refractivity contribution in [2.75, 3.05) is 26.6 Å². The second-order valence-electron chi connectivity index (χ2n) is 4.30. The molecule has 102 valence electrons. The van der Waals surface area contributed by atoms with Crippen LogP contribution in [0.3, 0.4) is 0 Å². The molecule has 0 saturated carbocycles. The van der Waals surface area contributed by atoms with Gasteiger partial charge in [-0.2, -0.15) is 0 Å². The molecule has 19 heavy (non-hydrogen) atoms. The summed E-state index contributed by atoms with van der Waals surface area (Å²) < 4.78 is 15.4. The Kier molecular flexibility index (Phi) is 4.06. The molecule has 0 bridgehead atoms. The largest absolute Gasteiger partial charge is 0.496 e. The molecule has 0 spiro atoms. The van der Waals surface area contributed by atoms with Crippen molar-refractivity contribution in [3.05, 3.63) is 29.5 Å². The molecule has 2 N–H and O–H groups in total. The predicted molar refractivity (Wildman–Crippen MR) is 73.2 cm³/mol. The SMILES string of the molecule is COCCc1noc(N)c1-c1ccc(OC)c(C)c1. The maximum atomic E-state index is 5.86. The van der Waals surface area contributed by atoms with Crippen LogP contribution in [0.25, 0.3) is 11.1 Å². The molecule has 0 aliphatic rings. The fourth-order valence-corrected chi connectivity index (χ4v) is 2.05. The molecule has 1 aromatic carbocycles. The molecule has 0 radical (unpaired) electrons. The van der Waals surface area contributed by atoms with E-state index in [1.165, 1.54) is 0 Å². The Hall–Kier alpha value is -2.01. The zero-order valence-corrected chi connectivity index (χ0v) is 11.4. The van der Waals surface area contributed by atoms with Crippen molar-refractivity contribution in [3.63, 3.8) is 0 Å². The lowest BCUT2D eigenvalue weighted by Crippen LogP contribution is -1.98. The molecule has 0 fully saturated rings. The maximum absolute atomic E-state index is 5.86. The standard InChI is InChI=1S/C14H18N2O3/c1-9-8-10(4-5-12(9)18-3)13-11(6-7-17-2)16-19-14(13)15/h4-5,8H,6-7,15H2,1-3H3. The van der Waals surface area contributed by atoms with Crippen LogP contribution in [-0.4, -0.2) is 26.0 Å². The Morgan fingerprint density at radius 1 is 1.32 bits per heavy atom. The Morgan fingerprint density at radius 2 is 2.11 bits per heavy atom. The molecular formula is C14H18N2O3. The summed E-state index contributed by atoms with van der Waals surface area (Å²) in [7, 11) is 3.31. The number of nitrogens with two attached hydrogens (primary N) is 1. The highest BCUT2D eigenvalue weighted by atomic mass is 16.5. The van der Waals surface area contributed by atoms with Crippen molar-refractivity contribution in [3.8, 4) is 16.9 Å². The van der Waals surface area contributed by atoms with Crippen LogP contribution >= 0.6 is 0 Å². The maximum Gasteiger partial charge on any atom is 0.230 e. The Morgan fingerprint density at radius 3 is 2.74 bits per heavy atom. The highest BCUT2D eigenvalue weighted by Crippen LogP contribution is 2.32. The van der Waals surface area contributed by atoms with Crippen LogP contribution in [0.4, 0.5) is 5.88 Å². The van der Waals surface area contributed by atoms with E-state index < -0.39 is 0 Å². The molecule has 0 aliphatic carbocycles. The molecule has 1 aromatic heterocycles. The fourth-order valence-electron chi connectivity index (χ4n) is 2.05. The summed E-state index contributed by atoms with van der Waals surface area (Å²) in [5.74, 6) is 1.17. The van der Waals surface area contributed by atoms with Crippen LogP contribution in [0.2, 0.25) is 0 Å². The minimum absolute atomic E-state index is 0.329. The van der Waals surface area contributed by atoms with Crippen LogP contribution < -0.4 is 10.5 Å². The first-order valence-corrected chi connectivity index (χ1v) is 6.05. The number of methoxy groups -OCH3 is 2. The third-order valence-electron chi connectivity index (χ3n) is 3.02. The van der Waals surface area contributed by atoms with Crippen molar-refractivity contribution in [2.24, 2.45) is 0 Å². The van der Waals surface area contributed by atoms with E-state index in [0.29, 0.717) is 18.9 Å². The van der Waals surface area contributed by atoms with Crippen molar-refractivity contribution in [1.29, 1.82) is 0 Å². The van der Waals surface area contributed by atoms with Crippen LogP contribution in [0, 0.1) is 6.92 Å². The number of ether oxygens (including phenoxy) is 2. The molecule has 2 aromatic rings. The van der Waals surface area contributed by atoms with Crippen LogP contribution in [0.1, 0.15) is 11.3 Å². The number of hydrogen-bond donors (Lipinski definition) is 1. The Labute approximate surface area is 112 Å². The van der Waals surface area contributed by atoms with Gasteiger partial charge in [0.05, 0.1) is 25.0 Å². The van der Waals surface area contributed by atoms with Crippen molar-refractivity contribution in [2.45, 2.75) is 13.3 Å². The first-order chi connectivity index (χ1) is 9.17. The zero-order chi connectivity index (χ0) is 13.8. The summed E-state index contributed by atoms with van der Waals surface area (Å²) in [5.41, 5.74) is 9.52. The van der Waals surface area contributed by atoms with E-state index in [-0.39, 0.29) is 0 Å². The van der Waals surface area contributed by atoms with Crippen LogP contribution in [-0.2, 0) is 11.2 Å². The summed E-state index contributed by atoms with van der Waals surface area (Å²) in [5, 5.41) is 3.99. The topological polar surface area (TPSA) is 70.5 Å². The van der Waals surface area contributed by atoms with Crippen LogP contribution in [0.5, 0.6) is 5.75 Å². The number of hydrogen-bond acceptors (Lipinski definition) is 5. The molecule has 5 heteroatoms. The van der Waals surface area contributed by atoms with Gasteiger partial charge in [-0.25, -0.2) is 0 Å². The van der Waals surface area contributed by atoms with Crippen molar-refractivity contribution < 1.29 is 14.0 Å². The van der Waals surface area contributed by atoms with Gasteiger partial charge in [-0.3, -0.25) is 0 Å². The summed E-state index contributed by atoms with van der Waals surface area (Å²) >= 11 is 0. The third kappa shape index (κ3) is 2.71. The normalized spacial score (nSPS) is 10.7. The molecule has 2 rings (SSSR count). The summed E-state index contributed by atoms with van der Waals surface area (Å²) in [4.78, 5) is 0. The van der Waals surface area contributed by atoms with Gasteiger partial charge in [0.2, 0.25) is 5.88 Å². The number of aryl methyl sites for hydroxylation is 1. The van der Waals surface area contributed by atoms with Gasteiger partial charge in [0.25, 0.3) is 0 Å². The van der Waals surface area contributed by atoms with Crippen molar-refractivity contribution >= 4 is 5.88 Å². The lowest BCUT2D eigenvalue weighted by atomic mass is 10.0. The van der Waals surface area contributed by atoms with Gasteiger partial charge in [0.15, 0.2) is 0 Å². The minimum Gasteiger partial charge on any atom is -0.496 e. The van der Waals surface area contributed by atoms with Gasteiger partial charge in [-0.15, -0.1) is 0 Å². The molecule has 0 unspecified atom stereocenters. The monoisotopic (exact) mass is 262 g/mol. The average molecular weight is 262 g/mol. The highest BCUT2D eigenvalue weighted by molar-refractivity contribution is 5.76. The fraction of sp³-hybridized carbons (Fsp3) is 0.357. The van der Waals surface area contributed by atoms with Gasteiger partial charge < -0.3 is 19.7 Å². The van der Waals surface area contributed by atoms with E-state index in [2.05, 4.69) is 5.16 Å². The molecule has 5 nitrogen and oxygen atoms in total. The minimum atomic E-state index is 0.329. The molecule has 0 saturated heterocycles. The summed E-state index contributed by atoms with van der Waals surface area (Å²) in [6.07, 6.45) is 0.664. The Balaban J connectivity index is 2.40. The van der Waals surface area contributed by atoms with E-state index in [1.807, 2.05) is 25.1 Å². The zero-order valence-electron chi connectivity index (χ0n) is 11.4. The van der Waals surface area contributed by atoms with E-state index in [9.17, 15) is 0 Å². The second kappa shape index (κ2) is 5.75. The summed E-state index contributed by atoms with van der Waals surface area (Å²) in [6.45, 7) is 2.56. The highest BCUT2D eigenvalue weighted by Gasteiger charge is 2.16. The molecule has 0 aliphatic heterocycles. The molecule has 0 atom stereocenters. The van der Waals surface area contributed by atoms with Gasteiger partial charge in [0.1, 0.15) is 5.75 Å².